The Morgan fingerprint density at radius 2 is 1.90 bits per heavy atom. The molecular formula is C25H27N5. The van der Waals surface area contributed by atoms with Crippen LogP contribution < -0.4 is 11.1 Å². The van der Waals surface area contributed by atoms with Gasteiger partial charge in [0.05, 0.1) is 5.52 Å². The number of hydrogen-bond acceptors (Lipinski definition) is 5. The molecule has 2 atom stereocenters. The van der Waals surface area contributed by atoms with Crippen LogP contribution >= 0.6 is 0 Å². The van der Waals surface area contributed by atoms with Crippen LogP contribution in [0.15, 0.2) is 67.1 Å². The van der Waals surface area contributed by atoms with Crippen molar-refractivity contribution in [3.8, 4) is 11.1 Å². The third-order valence-corrected chi connectivity index (χ3v) is 5.32. The van der Waals surface area contributed by atoms with Gasteiger partial charge in [0.15, 0.2) is 0 Å². The summed E-state index contributed by atoms with van der Waals surface area (Å²) in [6.07, 6.45) is 6.47. The summed E-state index contributed by atoms with van der Waals surface area (Å²) in [4.78, 5) is 13.5. The summed E-state index contributed by atoms with van der Waals surface area (Å²) in [6, 6.07) is 16.9. The monoisotopic (exact) mass is 397 g/mol. The van der Waals surface area contributed by atoms with Crippen molar-refractivity contribution in [1.82, 2.24) is 15.0 Å². The quantitative estimate of drug-likeness (QED) is 0.475. The summed E-state index contributed by atoms with van der Waals surface area (Å²) >= 11 is 0. The van der Waals surface area contributed by atoms with Gasteiger partial charge in [0.1, 0.15) is 0 Å². The van der Waals surface area contributed by atoms with Gasteiger partial charge in [0, 0.05) is 41.6 Å². The van der Waals surface area contributed by atoms with Crippen LogP contribution in [0.25, 0.3) is 22.0 Å². The molecule has 0 saturated carbocycles. The van der Waals surface area contributed by atoms with Crippen LogP contribution in [0.4, 0.5) is 5.95 Å². The highest BCUT2D eigenvalue weighted by atomic mass is 15.1. The second-order valence-corrected chi connectivity index (χ2v) is 7.94. The maximum atomic E-state index is 6.01. The molecule has 0 fully saturated rings. The predicted molar refractivity (Wildman–Crippen MR) is 123 cm³/mol. The zero-order valence-electron chi connectivity index (χ0n) is 17.6. The van der Waals surface area contributed by atoms with Gasteiger partial charge in [-0.3, -0.25) is 4.98 Å². The van der Waals surface area contributed by atoms with Crippen LogP contribution in [0.3, 0.4) is 0 Å². The number of nitrogens with one attached hydrogen (secondary N) is 1. The Morgan fingerprint density at radius 1 is 1.03 bits per heavy atom. The number of nitrogens with two attached hydrogens (primary N) is 1. The second kappa shape index (κ2) is 8.59. The Balaban J connectivity index is 1.50. The van der Waals surface area contributed by atoms with Crippen molar-refractivity contribution in [1.29, 1.82) is 0 Å². The second-order valence-electron chi connectivity index (χ2n) is 7.94. The van der Waals surface area contributed by atoms with Gasteiger partial charge in [-0.05, 0) is 67.6 Å². The minimum Gasteiger partial charge on any atom is -0.351 e. The van der Waals surface area contributed by atoms with Crippen LogP contribution in [0.5, 0.6) is 0 Å². The molecule has 2 aromatic carbocycles. The van der Waals surface area contributed by atoms with Crippen LogP contribution in [0.2, 0.25) is 0 Å². The number of aromatic nitrogens is 3. The number of hydrogen-bond donors (Lipinski definition) is 2. The van der Waals surface area contributed by atoms with Gasteiger partial charge in [-0.25, -0.2) is 9.97 Å². The first-order valence-electron chi connectivity index (χ1n) is 10.3. The molecule has 5 nitrogen and oxygen atoms in total. The van der Waals surface area contributed by atoms with E-state index in [2.05, 4.69) is 65.5 Å². The van der Waals surface area contributed by atoms with Gasteiger partial charge in [0.25, 0.3) is 0 Å². The molecule has 0 radical (unpaired) electrons. The van der Waals surface area contributed by atoms with Crippen LogP contribution in [0.1, 0.15) is 36.6 Å². The summed E-state index contributed by atoms with van der Waals surface area (Å²) in [5.41, 5.74) is 12.8. The van der Waals surface area contributed by atoms with Gasteiger partial charge < -0.3 is 11.1 Å². The lowest BCUT2D eigenvalue weighted by Crippen LogP contribution is -2.20. The molecule has 0 unspecified atom stereocenters. The highest BCUT2D eigenvalue weighted by Crippen LogP contribution is 2.26. The number of fused-ring (bicyclic) bond motifs is 1. The molecule has 0 saturated heterocycles. The smallest absolute Gasteiger partial charge is 0.223 e. The molecule has 0 spiro atoms. The van der Waals surface area contributed by atoms with E-state index in [0.29, 0.717) is 5.95 Å². The van der Waals surface area contributed by atoms with Gasteiger partial charge >= 0.3 is 0 Å². The number of benzene rings is 2. The first-order valence-corrected chi connectivity index (χ1v) is 10.3. The van der Waals surface area contributed by atoms with E-state index >= 15 is 0 Å². The summed E-state index contributed by atoms with van der Waals surface area (Å²) in [7, 11) is 0. The van der Waals surface area contributed by atoms with E-state index in [1.807, 2.05) is 37.6 Å². The number of anilines is 1. The molecule has 2 heterocycles. The third-order valence-electron chi connectivity index (χ3n) is 5.32. The van der Waals surface area contributed by atoms with Crippen molar-refractivity contribution in [2.45, 2.75) is 39.3 Å². The SMILES string of the molecule is Cc1ccncc1-c1ccc2nc(N[C@@H](C)Cc3cccc([C@H](C)N)c3)ncc2c1. The van der Waals surface area contributed by atoms with Crippen LogP contribution in [-0.4, -0.2) is 21.0 Å². The maximum absolute atomic E-state index is 6.01. The molecule has 152 valence electrons. The molecule has 30 heavy (non-hydrogen) atoms. The number of aryl methyl sites for hydroxylation is 1. The Hall–Kier alpha value is -3.31. The van der Waals surface area contributed by atoms with Crippen molar-refractivity contribution >= 4 is 16.9 Å². The Labute approximate surface area is 177 Å². The summed E-state index contributed by atoms with van der Waals surface area (Å²) < 4.78 is 0. The topological polar surface area (TPSA) is 76.7 Å². The fourth-order valence-electron chi connectivity index (χ4n) is 3.66. The molecule has 0 aliphatic carbocycles. The van der Waals surface area contributed by atoms with E-state index in [9.17, 15) is 0 Å². The number of nitrogens with zero attached hydrogens (tertiary/aromatic N) is 3. The van der Waals surface area contributed by atoms with Gasteiger partial charge in [-0.15, -0.1) is 0 Å². The molecule has 3 N–H and O–H groups in total. The fraction of sp³-hybridized carbons (Fsp3) is 0.240. The lowest BCUT2D eigenvalue weighted by Gasteiger charge is -2.15. The van der Waals surface area contributed by atoms with Crippen molar-refractivity contribution in [2.24, 2.45) is 5.73 Å². The van der Waals surface area contributed by atoms with Crippen molar-refractivity contribution in [3.05, 3.63) is 83.8 Å². The maximum Gasteiger partial charge on any atom is 0.223 e. The highest BCUT2D eigenvalue weighted by molar-refractivity contribution is 5.85. The average molecular weight is 398 g/mol. The van der Waals surface area contributed by atoms with Crippen molar-refractivity contribution in [2.75, 3.05) is 5.32 Å². The minimum atomic E-state index is 0.0392. The fourth-order valence-corrected chi connectivity index (χ4v) is 3.66. The number of rotatable bonds is 6. The van der Waals surface area contributed by atoms with Crippen LogP contribution in [0, 0.1) is 6.92 Å². The molecule has 0 amide bonds. The summed E-state index contributed by atoms with van der Waals surface area (Å²) in [5, 5.41) is 4.44. The van der Waals surface area contributed by atoms with Gasteiger partial charge in [-0.2, -0.15) is 0 Å². The zero-order chi connectivity index (χ0) is 21.1. The van der Waals surface area contributed by atoms with E-state index in [4.69, 9.17) is 10.7 Å². The Bertz CT molecular complexity index is 1170. The lowest BCUT2D eigenvalue weighted by atomic mass is 10.0. The molecular weight excluding hydrogens is 370 g/mol. The molecule has 0 bridgehead atoms. The van der Waals surface area contributed by atoms with Gasteiger partial charge in [0.2, 0.25) is 5.95 Å². The molecule has 0 aliphatic rings. The van der Waals surface area contributed by atoms with E-state index in [-0.39, 0.29) is 12.1 Å². The average Bonchev–Trinajstić information content (AvgIpc) is 2.74. The normalized spacial score (nSPS) is 13.2. The molecule has 4 rings (SSSR count). The minimum absolute atomic E-state index is 0.0392. The Morgan fingerprint density at radius 3 is 2.70 bits per heavy atom. The van der Waals surface area contributed by atoms with E-state index < -0.39 is 0 Å². The van der Waals surface area contributed by atoms with E-state index in [0.717, 1.165) is 34.0 Å². The predicted octanol–water partition coefficient (Wildman–Crippen LogP) is 5.06. The van der Waals surface area contributed by atoms with E-state index in [1.54, 1.807) is 0 Å². The molecule has 5 heteroatoms. The zero-order valence-corrected chi connectivity index (χ0v) is 17.6. The number of pyridine rings is 1. The van der Waals surface area contributed by atoms with E-state index in [1.165, 1.54) is 11.1 Å². The first kappa shape index (κ1) is 20.0. The lowest BCUT2D eigenvalue weighted by molar-refractivity contribution is 0.769. The molecule has 0 aliphatic heterocycles. The third kappa shape index (κ3) is 4.47. The summed E-state index contributed by atoms with van der Waals surface area (Å²) in [6.45, 7) is 6.24. The standard InChI is InChI=1S/C25H27N5/c1-16-9-10-27-15-23(16)21-7-8-24-22(13-21)14-28-25(30-24)29-17(2)11-19-5-4-6-20(12-19)18(3)26/h4-10,12-15,17-18H,11,26H2,1-3H3,(H,28,29,30)/t17-,18-/m0/s1. The highest BCUT2D eigenvalue weighted by Gasteiger charge is 2.09. The largest absolute Gasteiger partial charge is 0.351 e. The first-order chi connectivity index (χ1) is 14.5. The van der Waals surface area contributed by atoms with Crippen LogP contribution in [-0.2, 0) is 6.42 Å². The van der Waals surface area contributed by atoms with Crippen molar-refractivity contribution in [3.63, 3.8) is 0 Å². The molecule has 2 aromatic heterocycles. The summed E-state index contributed by atoms with van der Waals surface area (Å²) in [5.74, 6) is 0.642. The molecule has 4 aromatic rings. The van der Waals surface area contributed by atoms with Gasteiger partial charge in [-0.1, -0.05) is 30.3 Å². The Kier molecular flexibility index (Phi) is 5.72. The van der Waals surface area contributed by atoms with Crippen molar-refractivity contribution < 1.29 is 0 Å².